The van der Waals surface area contributed by atoms with Crippen molar-refractivity contribution in [2.45, 2.75) is 6.54 Å². The highest BCUT2D eigenvalue weighted by Crippen LogP contribution is 2.08. The normalized spacial score (nSPS) is 20.9. The Bertz CT molecular complexity index is 478. The van der Waals surface area contributed by atoms with Gasteiger partial charge < -0.3 is 15.0 Å². The van der Waals surface area contributed by atoms with Crippen molar-refractivity contribution in [3.63, 3.8) is 0 Å². The lowest BCUT2D eigenvalue weighted by Crippen LogP contribution is -2.57. The minimum atomic E-state index is 0.821. The molecule has 2 aliphatic rings. The van der Waals surface area contributed by atoms with Gasteiger partial charge in [0.05, 0.1) is 26.6 Å². The van der Waals surface area contributed by atoms with E-state index in [-0.39, 0.29) is 0 Å². The van der Waals surface area contributed by atoms with Gasteiger partial charge in [-0.1, -0.05) is 30.3 Å². The number of nitrogens with zero attached hydrogens (tertiary/aromatic N) is 3. The Morgan fingerprint density at radius 2 is 1.82 bits per heavy atom. The molecule has 0 atom stereocenters. The van der Waals surface area contributed by atoms with Crippen LogP contribution in [-0.2, 0) is 11.3 Å². The molecule has 0 unspecified atom stereocenters. The van der Waals surface area contributed by atoms with Crippen molar-refractivity contribution >= 4 is 17.3 Å². The van der Waals surface area contributed by atoms with Crippen molar-refractivity contribution in [3.8, 4) is 0 Å². The smallest absolute Gasteiger partial charge is 0.171 e. The van der Waals surface area contributed by atoms with E-state index in [1.807, 2.05) is 0 Å². The van der Waals surface area contributed by atoms with Gasteiger partial charge >= 0.3 is 0 Å². The summed E-state index contributed by atoms with van der Waals surface area (Å²) in [6.07, 6.45) is 0. The third-order valence-electron chi connectivity index (χ3n) is 4.15. The maximum atomic E-state index is 5.46. The van der Waals surface area contributed by atoms with Crippen molar-refractivity contribution in [2.24, 2.45) is 0 Å². The topological polar surface area (TPSA) is 31.0 Å². The minimum absolute atomic E-state index is 0.821. The zero-order valence-electron chi connectivity index (χ0n) is 12.9. The maximum absolute atomic E-state index is 5.46. The van der Waals surface area contributed by atoms with Gasteiger partial charge in [-0.3, -0.25) is 9.80 Å². The molecule has 2 aliphatic heterocycles. The van der Waals surface area contributed by atoms with E-state index in [4.69, 9.17) is 17.0 Å². The van der Waals surface area contributed by atoms with E-state index in [1.165, 1.54) is 5.56 Å². The van der Waals surface area contributed by atoms with Crippen LogP contribution in [0.15, 0.2) is 30.3 Å². The molecular formula is C16H24N4OS. The van der Waals surface area contributed by atoms with E-state index in [0.29, 0.717) is 0 Å². The molecule has 5 nitrogen and oxygen atoms in total. The van der Waals surface area contributed by atoms with Crippen LogP contribution < -0.4 is 5.32 Å². The Hall–Kier alpha value is -1.21. The van der Waals surface area contributed by atoms with Gasteiger partial charge in [-0.05, 0) is 17.8 Å². The highest BCUT2D eigenvalue weighted by atomic mass is 32.1. The van der Waals surface area contributed by atoms with E-state index < -0.39 is 0 Å². The Balaban J connectivity index is 1.49. The van der Waals surface area contributed by atoms with Crippen LogP contribution in [0.2, 0.25) is 0 Å². The number of hydrogen-bond donors (Lipinski definition) is 1. The van der Waals surface area contributed by atoms with E-state index in [9.17, 15) is 0 Å². The van der Waals surface area contributed by atoms with Gasteiger partial charge in [0.2, 0.25) is 0 Å². The van der Waals surface area contributed by atoms with Crippen molar-refractivity contribution in [3.05, 3.63) is 35.9 Å². The van der Waals surface area contributed by atoms with Crippen LogP contribution in [0.25, 0.3) is 0 Å². The summed E-state index contributed by atoms with van der Waals surface area (Å²) in [7, 11) is 0. The van der Waals surface area contributed by atoms with Gasteiger partial charge in [-0.15, -0.1) is 0 Å². The average molecular weight is 320 g/mol. The fourth-order valence-corrected chi connectivity index (χ4v) is 3.07. The van der Waals surface area contributed by atoms with Gasteiger partial charge in [0, 0.05) is 32.7 Å². The monoisotopic (exact) mass is 320 g/mol. The number of morpholine rings is 1. The van der Waals surface area contributed by atoms with Crippen molar-refractivity contribution in [2.75, 3.05) is 52.7 Å². The number of benzene rings is 1. The zero-order valence-corrected chi connectivity index (χ0v) is 13.7. The summed E-state index contributed by atoms with van der Waals surface area (Å²) in [6.45, 7) is 8.44. The van der Waals surface area contributed by atoms with Crippen molar-refractivity contribution in [1.82, 2.24) is 20.0 Å². The molecule has 22 heavy (non-hydrogen) atoms. The second-order valence-corrected chi connectivity index (χ2v) is 6.20. The molecule has 1 N–H and O–H groups in total. The number of rotatable bonds is 5. The standard InChI is InChI=1S/C16H24N4OS/c22-16-17-13-19(12-15-4-2-1-3-5-15)14-20(16)7-6-18-8-10-21-11-9-18/h1-5H,6-14H2,(H,17,22). The molecule has 0 radical (unpaired) electrons. The van der Waals surface area contributed by atoms with Gasteiger partial charge in [0.25, 0.3) is 0 Å². The first kappa shape index (κ1) is 15.7. The van der Waals surface area contributed by atoms with Crippen LogP contribution in [-0.4, -0.2) is 72.5 Å². The second-order valence-electron chi connectivity index (χ2n) is 5.81. The van der Waals surface area contributed by atoms with Gasteiger partial charge in [-0.25, -0.2) is 0 Å². The SMILES string of the molecule is S=C1NCN(Cc2ccccc2)CN1CCN1CCOCC1. The summed E-state index contributed by atoms with van der Waals surface area (Å²) >= 11 is 5.46. The molecule has 3 rings (SSSR count). The quantitative estimate of drug-likeness (QED) is 0.812. The van der Waals surface area contributed by atoms with Crippen LogP contribution in [0.3, 0.4) is 0 Å². The first-order valence-electron chi connectivity index (χ1n) is 7.90. The summed E-state index contributed by atoms with van der Waals surface area (Å²) < 4.78 is 5.39. The molecule has 0 bridgehead atoms. The molecule has 0 aromatic heterocycles. The predicted molar refractivity (Wildman–Crippen MR) is 91.4 cm³/mol. The van der Waals surface area contributed by atoms with Crippen LogP contribution in [0.4, 0.5) is 0 Å². The highest BCUT2D eigenvalue weighted by molar-refractivity contribution is 7.80. The lowest BCUT2D eigenvalue weighted by Gasteiger charge is -2.39. The first-order chi connectivity index (χ1) is 10.8. The van der Waals surface area contributed by atoms with Gasteiger partial charge in [0.15, 0.2) is 5.11 Å². The summed E-state index contributed by atoms with van der Waals surface area (Å²) in [5, 5.41) is 4.20. The van der Waals surface area contributed by atoms with Crippen LogP contribution >= 0.6 is 12.2 Å². The molecule has 0 amide bonds. The van der Waals surface area contributed by atoms with Crippen LogP contribution in [0, 0.1) is 0 Å². The summed E-state index contributed by atoms with van der Waals surface area (Å²) in [5.74, 6) is 0. The maximum Gasteiger partial charge on any atom is 0.171 e. The third kappa shape index (κ3) is 4.39. The first-order valence-corrected chi connectivity index (χ1v) is 8.31. The van der Waals surface area contributed by atoms with Crippen molar-refractivity contribution < 1.29 is 4.74 Å². The highest BCUT2D eigenvalue weighted by Gasteiger charge is 2.21. The van der Waals surface area contributed by atoms with Crippen LogP contribution in [0.5, 0.6) is 0 Å². The number of nitrogens with one attached hydrogen (secondary N) is 1. The molecule has 0 aliphatic carbocycles. The largest absolute Gasteiger partial charge is 0.379 e. The molecule has 0 saturated carbocycles. The number of ether oxygens (including phenoxy) is 1. The van der Waals surface area contributed by atoms with Crippen LogP contribution in [0.1, 0.15) is 5.56 Å². The van der Waals surface area contributed by atoms with E-state index in [1.54, 1.807) is 0 Å². The van der Waals surface area contributed by atoms with Crippen molar-refractivity contribution in [1.29, 1.82) is 0 Å². The molecular weight excluding hydrogens is 296 g/mol. The second kappa shape index (κ2) is 7.87. The predicted octanol–water partition coefficient (Wildman–Crippen LogP) is 0.926. The molecule has 120 valence electrons. The lowest BCUT2D eigenvalue weighted by atomic mass is 10.2. The third-order valence-corrected chi connectivity index (χ3v) is 4.55. The fourth-order valence-electron chi connectivity index (χ4n) is 2.85. The summed E-state index contributed by atoms with van der Waals surface area (Å²) in [4.78, 5) is 7.09. The van der Waals surface area contributed by atoms with E-state index >= 15 is 0 Å². The Labute approximate surface area is 137 Å². The lowest BCUT2D eigenvalue weighted by molar-refractivity contribution is 0.0327. The van der Waals surface area contributed by atoms with Gasteiger partial charge in [-0.2, -0.15) is 0 Å². The van der Waals surface area contributed by atoms with E-state index in [0.717, 1.165) is 64.4 Å². The molecule has 0 spiro atoms. The molecule has 1 aromatic rings. The number of hydrogen-bond acceptors (Lipinski definition) is 4. The fraction of sp³-hybridized carbons (Fsp3) is 0.562. The number of thiocarbonyl (C=S) groups is 1. The molecule has 2 heterocycles. The molecule has 2 fully saturated rings. The molecule has 1 aromatic carbocycles. The molecule has 6 heteroatoms. The zero-order chi connectivity index (χ0) is 15.2. The Morgan fingerprint density at radius 3 is 2.59 bits per heavy atom. The minimum Gasteiger partial charge on any atom is -0.379 e. The van der Waals surface area contributed by atoms with Gasteiger partial charge in [0.1, 0.15) is 0 Å². The average Bonchev–Trinajstić information content (AvgIpc) is 2.57. The van der Waals surface area contributed by atoms with E-state index in [2.05, 4.69) is 50.3 Å². The Morgan fingerprint density at radius 1 is 1.05 bits per heavy atom. The summed E-state index contributed by atoms with van der Waals surface area (Å²) in [6, 6.07) is 10.6. The summed E-state index contributed by atoms with van der Waals surface area (Å²) in [5.41, 5.74) is 1.34. The Kier molecular flexibility index (Phi) is 5.61. The molecule has 2 saturated heterocycles.